The van der Waals surface area contributed by atoms with Crippen molar-refractivity contribution in [3.05, 3.63) is 66.4 Å². The first-order valence-electron chi connectivity index (χ1n) is 11.8. The van der Waals surface area contributed by atoms with E-state index in [1.165, 1.54) is 10.9 Å². The summed E-state index contributed by atoms with van der Waals surface area (Å²) in [5.41, 5.74) is 3.08. The number of carbonyl (C=O) groups excluding carboxylic acids is 1. The number of fused-ring (bicyclic) bond motifs is 1. The predicted molar refractivity (Wildman–Crippen MR) is 133 cm³/mol. The van der Waals surface area contributed by atoms with Gasteiger partial charge < -0.3 is 25.3 Å². The SMILES string of the molecule is CCNC(=NCc1cccc(NC(=O)C2CCCO2)c1)NCCCn1ccc2ccccc21. The number of amides is 1. The number of rotatable bonds is 9. The summed E-state index contributed by atoms with van der Waals surface area (Å²) >= 11 is 0. The predicted octanol–water partition coefficient (Wildman–Crippen LogP) is 3.90. The highest BCUT2D eigenvalue weighted by molar-refractivity contribution is 5.94. The van der Waals surface area contributed by atoms with Crippen LogP contribution in [0, 0.1) is 0 Å². The lowest BCUT2D eigenvalue weighted by molar-refractivity contribution is -0.124. The minimum atomic E-state index is -0.333. The molecular formula is C26H33N5O2. The molecule has 1 atom stereocenters. The number of para-hydroxylation sites is 1. The number of anilines is 1. The van der Waals surface area contributed by atoms with Crippen LogP contribution in [0.1, 0.15) is 31.7 Å². The number of ether oxygens (including phenoxy) is 1. The molecule has 4 rings (SSSR count). The molecule has 33 heavy (non-hydrogen) atoms. The van der Waals surface area contributed by atoms with Crippen molar-refractivity contribution >= 4 is 28.5 Å². The first-order valence-corrected chi connectivity index (χ1v) is 11.8. The van der Waals surface area contributed by atoms with Gasteiger partial charge in [-0.25, -0.2) is 4.99 Å². The molecule has 174 valence electrons. The van der Waals surface area contributed by atoms with Gasteiger partial charge in [0.15, 0.2) is 5.96 Å². The topological polar surface area (TPSA) is 79.7 Å². The van der Waals surface area contributed by atoms with Crippen LogP contribution in [0.2, 0.25) is 0 Å². The summed E-state index contributed by atoms with van der Waals surface area (Å²) in [5.74, 6) is 0.724. The number of nitrogens with zero attached hydrogens (tertiary/aromatic N) is 2. The van der Waals surface area contributed by atoms with Gasteiger partial charge in [0.1, 0.15) is 6.10 Å². The maximum atomic E-state index is 12.3. The molecule has 2 heterocycles. The van der Waals surface area contributed by atoms with E-state index in [2.05, 4.69) is 64.0 Å². The van der Waals surface area contributed by atoms with Gasteiger partial charge >= 0.3 is 0 Å². The van der Waals surface area contributed by atoms with Gasteiger partial charge in [-0.2, -0.15) is 0 Å². The third kappa shape index (κ3) is 6.35. The van der Waals surface area contributed by atoms with Gasteiger partial charge in [0.2, 0.25) is 0 Å². The molecule has 0 saturated carbocycles. The number of benzene rings is 2. The van der Waals surface area contributed by atoms with E-state index in [4.69, 9.17) is 9.73 Å². The van der Waals surface area contributed by atoms with Gasteiger partial charge in [-0.1, -0.05) is 30.3 Å². The molecule has 1 saturated heterocycles. The average molecular weight is 448 g/mol. The minimum Gasteiger partial charge on any atom is -0.368 e. The summed E-state index contributed by atoms with van der Waals surface area (Å²) in [6, 6.07) is 18.4. The summed E-state index contributed by atoms with van der Waals surface area (Å²) in [6.45, 7) is 5.83. The van der Waals surface area contributed by atoms with E-state index in [0.717, 1.165) is 56.1 Å². The van der Waals surface area contributed by atoms with Crippen LogP contribution in [-0.4, -0.2) is 42.2 Å². The minimum absolute atomic E-state index is 0.0707. The fourth-order valence-electron chi connectivity index (χ4n) is 4.06. The van der Waals surface area contributed by atoms with Gasteiger partial charge in [-0.15, -0.1) is 0 Å². The molecule has 1 fully saturated rings. The van der Waals surface area contributed by atoms with Crippen LogP contribution in [0.3, 0.4) is 0 Å². The normalized spacial score (nSPS) is 16.2. The van der Waals surface area contributed by atoms with E-state index < -0.39 is 0 Å². The summed E-state index contributed by atoms with van der Waals surface area (Å²) in [5, 5.41) is 11.0. The molecule has 7 heteroatoms. The first-order chi connectivity index (χ1) is 16.2. The van der Waals surface area contributed by atoms with Crippen molar-refractivity contribution < 1.29 is 9.53 Å². The summed E-state index contributed by atoms with van der Waals surface area (Å²) in [4.78, 5) is 17.0. The molecule has 3 aromatic rings. The quantitative estimate of drug-likeness (QED) is 0.264. The zero-order valence-corrected chi connectivity index (χ0v) is 19.2. The third-order valence-corrected chi connectivity index (χ3v) is 5.73. The van der Waals surface area contributed by atoms with Crippen LogP contribution in [0.25, 0.3) is 10.9 Å². The van der Waals surface area contributed by atoms with Crippen molar-refractivity contribution in [2.75, 3.05) is 25.0 Å². The Balaban J connectivity index is 1.28. The third-order valence-electron chi connectivity index (χ3n) is 5.73. The number of hydrogen-bond donors (Lipinski definition) is 3. The molecule has 0 radical (unpaired) electrons. The largest absolute Gasteiger partial charge is 0.368 e. The molecule has 1 unspecified atom stereocenters. The molecule has 1 aromatic heterocycles. The summed E-state index contributed by atoms with van der Waals surface area (Å²) in [6.07, 6.45) is 4.53. The molecule has 0 aliphatic carbocycles. The molecule has 1 aliphatic heterocycles. The van der Waals surface area contributed by atoms with Crippen LogP contribution in [-0.2, 0) is 22.6 Å². The van der Waals surface area contributed by atoms with Crippen LogP contribution < -0.4 is 16.0 Å². The second-order valence-electron chi connectivity index (χ2n) is 8.23. The molecular weight excluding hydrogens is 414 g/mol. The van der Waals surface area contributed by atoms with Crippen molar-refractivity contribution in [1.82, 2.24) is 15.2 Å². The average Bonchev–Trinajstić information content (AvgIpc) is 3.51. The Morgan fingerprint density at radius 3 is 2.91 bits per heavy atom. The molecule has 7 nitrogen and oxygen atoms in total. The maximum absolute atomic E-state index is 12.3. The number of carbonyl (C=O) groups is 1. The van der Waals surface area contributed by atoms with Crippen LogP contribution in [0.5, 0.6) is 0 Å². The second kappa shape index (κ2) is 11.5. The molecule has 1 aliphatic rings. The van der Waals surface area contributed by atoms with Crippen LogP contribution in [0.4, 0.5) is 5.69 Å². The Kier molecular flexibility index (Phi) is 7.98. The van der Waals surface area contributed by atoms with Crippen molar-refractivity contribution in [3.63, 3.8) is 0 Å². The molecule has 3 N–H and O–H groups in total. The zero-order chi connectivity index (χ0) is 22.9. The van der Waals surface area contributed by atoms with E-state index in [0.29, 0.717) is 13.2 Å². The van der Waals surface area contributed by atoms with Crippen molar-refractivity contribution in [2.45, 2.75) is 45.4 Å². The van der Waals surface area contributed by atoms with Gasteiger partial charge in [-0.05, 0) is 61.4 Å². The fourth-order valence-corrected chi connectivity index (χ4v) is 4.06. The van der Waals surface area contributed by atoms with E-state index in [-0.39, 0.29) is 12.0 Å². The lowest BCUT2D eigenvalue weighted by Gasteiger charge is -2.13. The van der Waals surface area contributed by atoms with Gasteiger partial charge in [0.25, 0.3) is 5.91 Å². The number of aryl methyl sites for hydroxylation is 1. The van der Waals surface area contributed by atoms with Gasteiger partial charge in [0, 0.05) is 43.6 Å². The second-order valence-corrected chi connectivity index (χ2v) is 8.23. The maximum Gasteiger partial charge on any atom is 0.253 e. The fraction of sp³-hybridized carbons (Fsp3) is 0.385. The van der Waals surface area contributed by atoms with Crippen molar-refractivity contribution in [2.24, 2.45) is 4.99 Å². The standard InChI is InChI=1S/C26H33N5O2/c1-2-27-26(28-14-7-15-31-16-13-21-9-3-4-11-23(21)31)29-19-20-8-5-10-22(18-20)30-25(32)24-12-6-17-33-24/h3-5,8-11,13,16,18,24H,2,6-7,12,14-15,17,19H2,1H3,(H,30,32)(H2,27,28,29). The zero-order valence-electron chi connectivity index (χ0n) is 19.2. The molecule has 1 amide bonds. The van der Waals surface area contributed by atoms with Gasteiger partial charge in [0.05, 0.1) is 6.54 Å². The highest BCUT2D eigenvalue weighted by Crippen LogP contribution is 2.17. The molecule has 2 aromatic carbocycles. The Bertz CT molecular complexity index is 1080. The Hall–Kier alpha value is -3.32. The molecule has 0 bridgehead atoms. The van der Waals surface area contributed by atoms with E-state index in [1.807, 2.05) is 24.3 Å². The smallest absolute Gasteiger partial charge is 0.253 e. The summed E-state index contributed by atoms with van der Waals surface area (Å²) < 4.78 is 7.75. The lowest BCUT2D eigenvalue weighted by Crippen LogP contribution is -2.38. The van der Waals surface area contributed by atoms with E-state index >= 15 is 0 Å². The number of guanidine groups is 1. The molecule has 0 spiro atoms. The highest BCUT2D eigenvalue weighted by atomic mass is 16.5. The lowest BCUT2D eigenvalue weighted by atomic mass is 10.2. The number of hydrogen-bond acceptors (Lipinski definition) is 3. The van der Waals surface area contributed by atoms with Gasteiger partial charge in [-0.3, -0.25) is 4.79 Å². The highest BCUT2D eigenvalue weighted by Gasteiger charge is 2.23. The van der Waals surface area contributed by atoms with E-state index in [1.54, 1.807) is 0 Å². The number of aliphatic imine (C=N–C) groups is 1. The van der Waals surface area contributed by atoms with Crippen molar-refractivity contribution in [3.8, 4) is 0 Å². The first kappa shape index (κ1) is 22.9. The van der Waals surface area contributed by atoms with Crippen LogP contribution in [0.15, 0.2) is 65.8 Å². The van der Waals surface area contributed by atoms with Crippen molar-refractivity contribution in [1.29, 1.82) is 0 Å². The Morgan fingerprint density at radius 1 is 1.15 bits per heavy atom. The number of aromatic nitrogens is 1. The monoisotopic (exact) mass is 447 g/mol. The Morgan fingerprint density at radius 2 is 2.06 bits per heavy atom. The summed E-state index contributed by atoms with van der Waals surface area (Å²) in [7, 11) is 0. The number of nitrogens with one attached hydrogen (secondary N) is 3. The Labute approximate surface area is 195 Å². The van der Waals surface area contributed by atoms with E-state index in [9.17, 15) is 4.79 Å². The van der Waals surface area contributed by atoms with Crippen LogP contribution >= 0.6 is 0 Å².